The van der Waals surface area contributed by atoms with Gasteiger partial charge < -0.3 is 9.47 Å². The van der Waals surface area contributed by atoms with Crippen LogP contribution in [-0.4, -0.2) is 24.5 Å². The van der Waals surface area contributed by atoms with Gasteiger partial charge in [0, 0.05) is 4.47 Å². The molecule has 1 atom stereocenters. The van der Waals surface area contributed by atoms with E-state index in [1.165, 1.54) is 0 Å². The zero-order valence-corrected chi connectivity index (χ0v) is 15.4. The Morgan fingerprint density at radius 2 is 1.69 bits per heavy atom. The van der Waals surface area contributed by atoms with Gasteiger partial charge in [-0.1, -0.05) is 40.2 Å². The van der Waals surface area contributed by atoms with Crippen molar-refractivity contribution < 1.29 is 19.1 Å². The van der Waals surface area contributed by atoms with Crippen molar-refractivity contribution in [2.24, 2.45) is 0 Å². The second kappa shape index (κ2) is 6.64. The highest BCUT2D eigenvalue weighted by Gasteiger charge is 2.51. The van der Waals surface area contributed by atoms with Crippen LogP contribution in [0, 0.1) is 0 Å². The molecule has 1 aliphatic heterocycles. The molecular weight excluding hydrogens is 400 g/mol. The average Bonchev–Trinajstić information content (AvgIpc) is 3.48. The highest BCUT2D eigenvalue weighted by molar-refractivity contribution is 9.10. The Bertz CT molecular complexity index is 849. The van der Waals surface area contributed by atoms with Gasteiger partial charge in [-0.25, -0.2) is 0 Å². The Balaban J connectivity index is 1.36. The molecule has 0 bridgehead atoms. The molecule has 2 aromatic carbocycles. The number of hydrogen-bond acceptors (Lipinski definition) is 4. The van der Waals surface area contributed by atoms with Crippen LogP contribution < -0.4 is 20.3 Å². The van der Waals surface area contributed by atoms with Crippen LogP contribution in [0.5, 0.6) is 11.5 Å². The van der Waals surface area contributed by atoms with Crippen molar-refractivity contribution in [1.82, 2.24) is 10.9 Å². The Hall–Kier alpha value is -2.54. The lowest BCUT2D eigenvalue weighted by molar-refractivity contribution is -0.135. The van der Waals surface area contributed by atoms with Crippen molar-refractivity contribution in [2.75, 3.05) is 6.61 Å². The van der Waals surface area contributed by atoms with Gasteiger partial charge in [0.05, 0.1) is 5.41 Å². The van der Waals surface area contributed by atoms with Crippen molar-refractivity contribution in [3.63, 3.8) is 0 Å². The van der Waals surface area contributed by atoms with Crippen molar-refractivity contribution in [2.45, 2.75) is 24.4 Å². The highest BCUT2D eigenvalue weighted by Crippen LogP contribution is 2.48. The number of amides is 2. The average molecular weight is 417 g/mol. The van der Waals surface area contributed by atoms with E-state index in [9.17, 15) is 9.59 Å². The molecule has 0 spiro atoms. The summed E-state index contributed by atoms with van der Waals surface area (Å²) >= 11 is 3.39. The van der Waals surface area contributed by atoms with Crippen LogP contribution in [-0.2, 0) is 15.0 Å². The number of fused-ring (bicyclic) bond motifs is 1. The summed E-state index contributed by atoms with van der Waals surface area (Å²) in [5.41, 5.74) is 5.37. The third-order valence-corrected chi connectivity index (χ3v) is 5.21. The number of rotatable bonds is 3. The normalized spacial score (nSPS) is 19.3. The number of hydrazine groups is 1. The van der Waals surface area contributed by atoms with E-state index in [1.807, 2.05) is 30.3 Å². The van der Waals surface area contributed by atoms with Gasteiger partial charge in [0.2, 0.25) is 12.0 Å². The number of carbonyl (C=O) groups excluding carboxylic acids is 2. The number of carbonyl (C=O) groups is 2. The minimum absolute atomic E-state index is 0.0938. The molecule has 4 rings (SSSR count). The van der Waals surface area contributed by atoms with Gasteiger partial charge in [-0.05, 0) is 42.7 Å². The molecule has 134 valence electrons. The molecular formula is C19H17BrN2O4. The molecule has 1 saturated carbocycles. The first-order valence-electron chi connectivity index (χ1n) is 8.33. The van der Waals surface area contributed by atoms with Crippen LogP contribution in [0.4, 0.5) is 0 Å². The van der Waals surface area contributed by atoms with E-state index < -0.39 is 17.4 Å². The van der Waals surface area contributed by atoms with Crippen LogP contribution in [0.2, 0.25) is 0 Å². The quantitative estimate of drug-likeness (QED) is 0.753. The lowest BCUT2D eigenvalue weighted by Crippen LogP contribution is -2.53. The Kier molecular flexibility index (Phi) is 4.32. The summed E-state index contributed by atoms with van der Waals surface area (Å²) in [6.45, 7) is 0.0938. The first-order chi connectivity index (χ1) is 12.6. The number of ether oxygens (including phenoxy) is 2. The largest absolute Gasteiger partial charge is 0.485 e. The van der Waals surface area contributed by atoms with Gasteiger partial charge in [0.15, 0.2) is 11.5 Å². The van der Waals surface area contributed by atoms with Crippen LogP contribution in [0.3, 0.4) is 0 Å². The first kappa shape index (κ1) is 16.9. The third-order valence-electron chi connectivity index (χ3n) is 4.68. The summed E-state index contributed by atoms with van der Waals surface area (Å²) in [4.78, 5) is 24.9. The van der Waals surface area contributed by atoms with E-state index in [0.717, 1.165) is 22.9 Å². The number of nitrogens with one attached hydrogen (secondary N) is 2. The monoisotopic (exact) mass is 416 g/mol. The predicted molar refractivity (Wildman–Crippen MR) is 97.7 cm³/mol. The van der Waals surface area contributed by atoms with Crippen LogP contribution in [0.1, 0.15) is 18.4 Å². The van der Waals surface area contributed by atoms with Gasteiger partial charge >= 0.3 is 0 Å². The van der Waals surface area contributed by atoms with E-state index in [4.69, 9.17) is 9.47 Å². The number of hydrogen-bond donors (Lipinski definition) is 2. The Morgan fingerprint density at radius 3 is 2.38 bits per heavy atom. The standard InChI is InChI=1S/C19H17BrN2O4/c20-13-7-5-12(6-8-13)19(9-10-19)18(24)22-21-17(23)16-11-25-14-3-1-2-4-15(14)26-16/h1-8,16H,9-11H2,(H,21,23)(H,22,24). The summed E-state index contributed by atoms with van der Waals surface area (Å²) in [6, 6.07) is 14.8. The van der Waals surface area contributed by atoms with Crippen molar-refractivity contribution in [3.8, 4) is 11.5 Å². The SMILES string of the molecule is O=C(NNC(=O)C1(c2ccc(Br)cc2)CC1)C1COc2ccccc2O1. The summed E-state index contributed by atoms with van der Waals surface area (Å²) in [5, 5.41) is 0. The molecule has 0 aromatic heterocycles. The Labute approximate surface area is 159 Å². The molecule has 1 aliphatic carbocycles. The molecule has 7 heteroatoms. The zero-order valence-electron chi connectivity index (χ0n) is 13.8. The molecule has 6 nitrogen and oxygen atoms in total. The number of para-hydroxylation sites is 2. The van der Waals surface area contributed by atoms with E-state index in [1.54, 1.807) is 18.2 Å². The van der Waals surface area contributed by atoms with Crippen LogP contribution >= 0.6 is 15.9 Å². The minimum atomic E-state index is -0.812. The molecule has 26 heavy (non-hydrogen) atoms. The molecule has 2 aliphatic rings. The maximum Gasteiger partial charge on any atom is 0.283 e. The fourth-order valence-corrected chi connectivity index (χ4v) is 3.27. The van der Waals surface area contributed by atoms with Gasteiger partial charge in [0.1, 0.15) is 6.61 Å². The molecule has 1 unspecified atom stereocenters. The molecule has 0 radical (unpaired) electrons. The molecule has 2 amide bonds. The molecule has 0 saturated heterocycles. The number of halogens is 1. The molecule has 2 N–H and O–H groups in total. The van der Waals surface area contributed by atoms with E-state index in [-0.39, 0.29) is 12.5 Å². The lowest BCUT2D eigenvalue weighted by atomic mass is 9.95. The van der Waals surface area contributed by atoms with Gasteiger partial charge in [-0.2, -0.15) is 0 Å². The van der Waals surface area contributed by atoms with Gasteiger partial charge in [0.25, 0.3) is 5.91 Å². The highest BCUT2D eigenvalue weighted by atomic mass is 79.9. The summed E-state index contributed by atoms with van der Waals surface area (Å²) in [6.07, 6.45) is 0.701. The summed E-state index contributed by atoms with van der Waals surface area (Å²) < 4.78 is 12.1. The fraction of sp³-hybridized carbons (Fsp3) is 0.263. The number of benzene rings is 2. The molecule has 2 aromatic rings. The maximum atomic E-state index is 12.6. The predicted octanol–water partition coefficient (Wildman–Crippen LogP) is 2.47. The Morgan fingerprint density at radius 1 is 1.00 bits per heavy atom. The van der Waals surface area contributed by atoms with Crippen LogP contribution in [0.15, 0.2) is 53.0 Å². The van der Waals surface area contributed by atoms with Crippen molar-refractivity contribution >= 4 is 27.7 Å². The van der Waals surface area contributed by atoms with E-state index in [0.29, 0.717) is 11.5 Å². The van der Waals surface area contributed by atoms with Crippen molar-refractivity contribution in [3.05, 3.63) is 58.6 Å². The van der Waals surface area contributed by atoms with E-state index >= 15 is 0 Å². The van der Waals surface area contributed by atoms with Crippen LogP contribution in [0.25, 0.3) is 0 Å². The van der Waals surface area contributed by atoms with Gasteiger partial charge in [-0.15, -0.1) is 0 Å². The lowest BCUT2D eigenvalue weighted by Gasteiger charge is -2.26. The second-order valence-corrected chi connectivity index (χ2v) is 7.31. The second-order valence-electron chi connectivity index (χ2n) is 6.40. The minimum Gasteiger partial charge on any atom is -0.485 e. The van der Waals surface area contributed by atoms with Crippen molar-refractivity contribution in [1.29, 1.82) is 0 Å². The third kappa shape index (κ3) is 3.14. The first-order valence-corrected chi connectivity index (χ1v) is 9.13. The zero-order chi connectivity index (χ0) is 18.1. The smallest absolute Gasteiger partial charge is 0.283 e. The maximum absolute atomic E-state index is 12.6. The molecule has 1 heterocycles. The van der Waals surface area contributed by atoms with Gasteiger partial charge in [-0.3, -0.25) is 20.4 Å². The summed E-state index contributed by atoms with van der Waals surface area (Å²) in [5.74, 6) is 0.455. The summed E-state index contributed by atoms with van der Waals surface area (Å²) in [7, 11) is 0. The fourth-order valence-electron chi connectivity index (χ4n) is 3.01. The van der Waals surface area contributed by atoms with E-state index in [2.05, 4.69) is 26.8 Å². The topological polar surface area (TPSA) is 76.7 Å². The molecule has 1 fully saturated rings.